The number of nitrogens with two attached hydrogens (primary N) is 1. The lowest BCUT2D eigenvalue weighted by Gasteiger charge is -2.12. The van der Waals surface area contributed by atoms with Crippen molar-refractivity contribution < 1.29 is 10.2 Å². The van der Waals surface area contributed by atoms with Crippen LogP contribution < -0.4 is 11.1 Å². The van der Waals surface area contributed by atoms with Gasteiger partial charge in [0, 0.05) is 18.6 Å². The van der Waals surface area contributed by atoms with Crippen molar-refractivity contribution in [3.63, 3.8) is 0 Å². The van der Waals surface area contributed by atoms with Crippen molar-refractivity contribution in [1.29, 1.82) is 0 Å². The maximum Gasteiger partial charge on any atom is 0.0831 e. The summed E-state index contributed by atoms with van der Waals surface area (Å²) in [4.78, 5) is 0. The minimum atomic E-state index is -0.498. The predicted octanol–water partition coefficient (Wildman–Crippen LogP) is -1.94. The molecule has 0 aromatic carbocycles. The highest BCUT2D eigenvalue weighted by molar-refractivity contribution is 5.85. The number of β-amino-alcohol motifs (C(OH)–C–C–N with tert-alkyl or cyclic N) is 1. The van der Waals surface area contributed by atoms with Gasteiger partial charge in [0.1, 0.15) is 0 Å². The molecule has 1 heterocycles. The molecule has 1 rings (SSSR count). The highest BCUT2D eigenvalue weighted by atomic mass is 35.5. The van der Waals surface area contributed by atoms with Crippen molar-refractivity contribution in [2.75, 3.05) is 13.2 Å². The third-order valence-corrected chi connectivity index (χ3v) is 1.69. The van der Waals surface area contributed by atoms with E-state index in [0.717, 1.165) is 0 Å². The minimum Gasteiger partial charge on any atom is -0.395 e. The Balaban J connectivity index is 0.000000810. The Morgan fingerprint density at radius 2 is 2.20 bits per heavy atom. The average Bonchev–Trinajstić information content (AvgIpc) is 2.15. The third-order valence-electron chi connectivity index (χ3n) is 1.69. The molecular formula is C5H13ClN2O2. The Morgan fingerprint density at radius 1 is 1.60 bits per heavy atom. The Labute approximate surface area is 65.8 Å². The molecule has 10 heavy (non-hydrogen) atoms. The fourth-order valence-corrected chi connectivity index (χ4v) is 0.999. The Hall–Kier alpha value is 0.130. The molecule has 0 aliphatic carbocycles. The van der Waals surface area contributed by atoms with Crippen LogP contribution in [0.5, 0.6) is 0 Å². The number of halogens is 1. The molecule has 62 valence electrons. The van der Waals surface area contributed by atoms with Gasteiger partial charge in [-0.25, -0.2) is 0 Å². The first-order chi connectivity index (χ1) is 4.25. The summed E-state index contributed by atoms with van der Waals surface area (Å²) in [5, 5.41) is 20.5. The van der Waals surface area contributed by atoms with Crippen LogP contribution in [0.2, 0.25) is 0 Å². The maximum atomic E-state index is 9.00. The molecule has 0 radical (unpaired) electrons. The number of hydrogen-bond acceptors (Lipinski definition) is 4. The molecule has 0 spiro atoms. The van der Waals surface area contributed by atoms with Crippen LogP contribution >= 0.6 is 12.4 Å². The zero-order chi connectivity index (χ0) is 6.85. The van der Waals surface area contributed by atoms with E-state index >= 15 is 0 Å². The van der Waals surface area contributed by atoms with Gasteiger partial charge >= 0.3 is 0 Å². The summed E-state index contributed by atoms with van der Waals surface area (Å²) in [5.74, 6) is 0. The smallest absolute Gasteiger partial charge is 0.0831 e. The highest BCUT2D eigenvalue weighted by Crippen LogP contribution is 2.03. The SMILES string of the molecule is Cl.N[C@H]1[C@H](O)CN[C@@H]1CO. The molecule has 0 unspecified atom stereocenters. The van der Waals surface area contributed by atoms with Crippen LogP contribution in [0.1, 0.15) is 0 Å². The van der Waals surface area contributed by atoms with Gasteiger partial charge in [0.2, 0.25) is 0 Å². The topological polar surface area (TPSA) is 78.5 Å². The molecule has 0 bridgehead atoms. The molecule has 1 aliphatic rings. The summed E-state index contributed by atoms with van der Waals surface area (Å²) in [5.41, 5.74) is 5.46. The molecule has 0 amide bonds. The van der Waals surface area contributed by atoms with Gasteiger partial charge in [0.25, 0.3) is 0 Å². The zero-order valence-electron chi connectivity index (χ0n) is 5.53. The highest BCUT2D eigenvalue weighted by Gasteiger charge is 2.30. The van der Waals surface area contributed by atoms with Gasteiger partial charge in [-0.2, -0.15) is 0 Å². The van der Waals surface area contributed by atoms with E-state index in [-0.39, 0.29) is 31.1 Å². The molecule has 1 fully saturated rings. The van der Waals surface area contributed by atoms with Crippen molar-refractivity contribution in [3.8, 4) is 0 Å². The zero-order valence-corrected chi connectivity index (χ0v) is 6.34. The lowest BCUT2D eigenvalue weighted by atomic mass is 10.1. The fourth-order valence-electron chi connectivity index (χ4n) is 0.999. The second-order valence-corrected chi connectivity index (χ2v) is 2.34. The van der Waals surface area contributed by atoms with Crippen LogP contribution in [0.15, 0.2) is 0 Å². The van der Waals surface area contributed by atoms with Crippen molar-refractivity contribution in [1.82, 2.24) is 5.32 Å². The second-order valence-electron chi connectivity index (χ2n) is 2.34. The van der Waals surface area contributed by atoms with Gasteiger partial charge in [-0.05, 0) is 0 Å². The van der Waals surface area contributed by atoms with Crippen LogP contribution in [0, 0.1) is 0 Å². The quantitative estimate of drug-likeness (QED) is 0.368. The largest absolute Gasteiger partial charge is 0.395 e. The van der Waals surface area contributed by atoms with E-state index in [1.165, 1.54) is 0 Å². The van der Waals surface area contributed by atoms with Crippen LogP contribution in [-0.4, -0.2) is 41.6 Å². The van der Waals surface area contributed by atoms with Gasteiger partial charge in [-0.1, -0.05) is 0 Å². The van der Waals surface area contributed by atoms with Gasteiger partial charge in [-0.3, -0.25) is 0 Å². The number of nitrogens with one attached hydrogen (secondary N) is 1. The van der Waals surface area contributed by atoms with Crippen molar-refractivity contribution in [3.05, 3.63) is 0 Å². The van der Waals surface area contributed by atoms with Crippen molar-refractivity contribution in [2.24, 2.45) is 5.73 Å². The Bertz CT molecular complexity index is 104. The maximum absolute atomic E-state index is 9.00. The van der Waals surface area contributed by atoms with Crippen molar-refractivity contribution >= 4 is 12.4 Å². The van der Waals surface area contributed by atoms with E-state index in [9.17, 15) is 0 Å². The van der Waals surface area contributed by atoms with Gasteiger partial charge in [0.15, 0.2) is 0 Å². The van der Waals surface area contributed by atoms with Crippen LogP contribution in [0.3, 0.4) is 0 Å². The first-order valence-corrected chi connectivity index (χ1v) is 3.03. The van der Waals surface area contributed by atoms with E-state index in [1.807, 2.05) is 0 Å². The van der Waals surface area contributed by atoms with Crippen LogP contribution in [0.25, 0.3) is 0 Å². The van der Waals surface area contributed by atoms with E-state index in [2.05, 4.69) is 5.32 Å². The molecule has 0 aromatic heterocycles. The number of hydrogen-bond donors (Lipinski definition) is 4. The van der Waals surface area contributed by atoms with E-state index in [0.29, 0.717) is 6.54 Å². The Kier molecular flexibility index (Phi) is 4.15. The van der Waals surface area contributed by atoms with Crippen LogP contribution in [-0.2, 0) is 0 Å². The Morgan fingerprint density at radius 3 is 2.40 bits per heavy atom. The minimum absolute atomic E-state index is 0. The summed E-state index contributed by atoms with van der Waals surface area (Å²) in [6, 6.07) is -0.435. The van der Waals surface area contributed by atoms with Gasteiger partial charge < -0.3 is 21.3 Å². The summed E-state index contributed by atoms with van der Waals surface area (Å²) in [6.07, 6.45) is -0.498. The van der Waals surface area contributed by atoms with Crippen molar-refractivity contribution in [2.45, 2.75) is 18.2 Å². The van der Waals surface area contributed by atoms with E-state index in [4.69, 9.17) is 15.9 Å². The first-order valence-electron chi connectivity index (χ1n) is 3.03. The lowest BCUT2D eigenvalue weighted by molar-refractivity contribution is 0.162. The fraction of sp³-hybridized carbons (Fsp3) is 1.00. The first kappa shape index (κ1) is 10.1. The van der Waals surface area contributed by atoms with E-state index < -0.39 is 6.10 Å². The number of aliphatic hydroxyl groups excluding tert-OH is 2. The summed E-state index contributed by atoms with van der Waals surface area (Å²) in [7, 11) is 0. The molecule has 5 heteroatoms. The predicted molar refractivity (Wildman–Crippen MR) is 40.1 cm³/mol. The third kappa shape index (κ3) is 1.81. The van der Waals surface area contributed by atoms with Crippen LogP contribution in [0.4, 0.5) is 0 Å². The number of rotatable bonds is 1. The summed E-state index contributed by atoms with van der Waals surface area (Å²) >= 11 is 0. The monoisotopic (exact) mass is 168 g/mol. The molecule has 1 saturated heterocycles. The lowest BCUT2D eigenvalue weighted by Crippen LogP contribution is -2.42. The molecule has 4 nitrogen and oxygen atoms in total. The second kappa shape index (κ2) is 4.10. The molecule has 1 aliphatic heterocycles. The summed E-state index contributed by atoms with van der Waals surface area (Å²) in [6.45, 7) is 0.491. The molecule has 5 N–H and O–H groups in total. The van der Waals surface area contributed by atoms with Gasteiger partial charge in [-0.15, -0.1) is 12.4 Å². The summed E-state index contributed by atoms with van der Waals surface area (Å²) < 4.78 is 0. The molecular weight excluding hydrogens is 156 g/mol. The average molecular weight is 169 g/mol. The normalized spacial score (nSPS) is 39.3. The standard InChI is InChI=1S/C5H12N2O2.ClH/c6-5-3(2-8)7-1-4(5)9;/h3-5,7-9H,1-2,6H2;1H/t3-,4-,5-;/m1./s1. The van der Waals surface area contributed by atoms with Gasteiger partial charge in [0.05, 0.1) is 12.7 Å². The molecule has 3 atom stereocenters. The molecule has 0 saturated carbocycles. The number of aliphatic hydroxyl groups is 2. The molecule has 0 aromatic rings. The van der Waals surface area contributed by atoms with E-state index in [1.54, 1.807) is 0 Å².